The molecule has 0 aromatic carbocycles. The number of methoxy groups -OCH3 is 1. The van der Waals surface area contributed by atoms with Crippen molar-refractivity contribution >= 4 is 11.6 Å². The molecule has 7 heteroatoms. The Kier molecular flexibility index (Phi) is 3.96. The topological polar surface area (TPSA) is 60.4 Å². The van der Waals surface area contributed by atoms with E-state index >= 15 is 0 Å². The van der Waals surface area contributed by atoms with E-state index in [0.29, 0.717) is 0 Å². The minimum atomic E-state index is 0.0831. The van der Waals surface area contributed by atoms with Gasteiger partial charge in [0.1, 0.15) is 6.10 Å². The average molecular weight is 259 g/mol. The van der Waals surface area contributed by atoms with Gasteiger partial charge in [-0.1, -0.05) is 0 Å². The molecular weight excluding hydrogens is 244 g/mol. The third-order valence-corrected chi connectivity index (χ3v) is 2.86. The fraction of sp³-hybridized carbons (Fsp3) is 0.700. The Morgan fingerprint density at radius 1 is 1.18 bits per heavy atom. The highest BCUT2D eigenvalue weighted by Crippen LogP contribution is 2.18. The van der Waals surface area contributed by atoms with Crippen LogP contribution in [0.1, 0.15) is 12.8 Å². The van der Waals surface area contributed by atoms with Crippen LogP contribution in [0.3, 0.4) is 0 Å². The number of ether oxygens (including phenoxy) is 2. The second-order valence-corrected chi connectivity index (χ2v) is 4.33. The molecular formula is C10H15ClN4O2. The lowest BCUT2D eigenvalue weighted by Gasteiger charge is -2.28. The Labute approximate surface area is 105 Å². The van der Waals surface area contributed by atoms with Crippen LogP contribution in [0.2, 0.25) is 5.28 Å². The van der Waals surface area contributed by atoms with Crippen molar-refractivity contribution in [2.75, 3.05) is 27.2 Å². The molecule has 0 atom stereocenters. The second-order valence-electron chi connectivity index (χ2n) is 3.99. The van der Waals surface area contributed by atoms with Crippen LogP contribution in [0, 0.1) is 0 Å². The standard InChI is InChI=1S/C10H15ClN4O2/c1-15-5-3-7(4-6-15)17-10-13-8(11)12-9(14-10)16-2/h7H,3-6H2,1-2H3. The van der Waals surface area contributed by atoms with E-state index in [2.05, 4.69) is 26.9 Å². The lowest BCUT2D eigenvalue weighted by atomic mass is 10.1. The molecule has 0 saturated carbocycles. The van der Waals surface area contributed by atoms with E-state index in [4.69, 9.17) is 21.1 Å². The number of rotatable bonds is 3. The molecule has 1 fully saturated rings. The van der Waals surface area contributed by atoms with Crippen LogP contribution in [0.5, 0.6) is 12.0 Å². The first-order valence-electron chi connectivity index (χ1n) is 5.48. The first-order chi connectivity index (χ1) is 8.17. The van der Waals surface area contributed by atoms with E-state index in [9.17, 15) is 0 Å². The Morgan fingerprint density at radius 3 is 2.47 bits per heavy atom. The van der Waals surface area contributed by atoms with E-state index in [0.717, 1.165) is 25.9 Å². The van der Waals surface area contributed by atoms with Gasteiger partial charge in [0.05, 0.1) is 7.11 Å². The van der Waals surface area contributed by atoms with Crippen LogP contribution >= 0.6 is 11.6 Å². The lowest BCUT2D eigenvalue weighted by molar-refractivity contribution is 0.104. The van der Waals surface area contributed by atoms with Gasteiger partial charge in [-0.15, -0.1) is 4.98 Å². The quantitative estimate of drug-likeness (QED) is 0.806. The maximum absolute atomic E-state index is 5.74. The van der Waals surface area contributed by atoms with E-state index < -0.39 is 0 Å². The summed E-state index contributed by atoms with van der Waals surface area (Å²) in [5.41, 5.74) is 0. The monoisotopic (exact) mass is 258 g/mol. The highest BCUT2D eigenvalue weighted by Gasteiger charge is 2.19. The van der Waals surface area contributed by atoms with Crippen molar-refractivity contribution in [3.63, 3.8) is 0 Å². The summed E-state index contributed by atoms with van der Waals surface area (Å²) in [5, 5.41) is 0.0831. The predicted molar refractivity (Wildman–Crippen MR) is 62.5 cm³/mol. The fourth-order valence-electron chi connectivity index (χ4n) is 1.71. The molecule has 0 radical (unpaired) electrons. The summed E-state index contributed by atoms with van der Waals surface area (Å²) < 4.78 is 10.6. The van der Waals surface area contributed by atoms with E-state index in [1.54, 1.807) is 0 Å². The first-order valence-corrected chi connectivity index (χ1v) is 5.86. The summed E-state index contributed by atoms with van der Waals surface area (Å²) in [6.45, 7) is 2.03. The van der Waals surface area contributed by atoms with Crippen molar-refractivity contribution < 1.29 is 9.47 Å². The molecule has 1 aliphatic rings. The van der Waals surface area contributed by atoms with Crippen LogP contribution in [0.25, 0.3) is 0 Å². The van der Waals surface area contributed by atoms with Gasteiger partial charge in [-0.25, -0.2) is 0 Å². The maximum atomic E-state index is 5.74. The van der Waals surface area contributed by atoms with Crippen LogP contribution in [0.4, 0.5) is 0 Å². The number of aromatic nitrogens is 3. The Hall–Kier alpha value is -1.14. The third kappa shape index (κ3) is 3.41. The van der Waals surface area contributed by atoms with Crippen molar-refractivity contribution in [3.05, 3.63) is 5.28 Å². The molecule has 0 amide bonds. The molecule has 0 unspecified atom stereocenters. The number of hydrogen-bond acceptors (Lipinski definition) is 6. The van der Waals surface area contributed by atoms with Gasteiger partial charge in [0, 0.05) is 13.1 Å². The van der Waals surface area contributed by atoms with Crippen LogP contribution < -0.4 is 9.47 Å². The zero-order valence-corrected chi connectivity index (χ0v) is 10.6. The molecule has 0 bridgehead atoms. The van der Waals surface area contributed by atoms with Crippen molar-refractivity contribution in [2.45, 2.75) is 18.9 Å². The van der Waals surface area contributed by atoms with Gasteiger partial charge in [-0.05, 0) is 31.5 Å². The van der Waals surface area contributed by atoms with Gasteiger partial charge >= 0.3 is 12.0 Å². The second kappa shape index (κ2) is 5.46. The maximum Gasteiger partial charge on any atom is 0.324 e. The van der Waals surface area contributed by atoms with Crippen molar-refractivity contribution in [2.24, 2.45) is 0 Å². The largest absolute Gasteiger partial charge is 0.467 e. The van der Waals surface area contributed by atoms with Crippen LogP contribution in [-0.2, 0) is 0 Å². The molecule has 1 aromatic heterocycles. The minimum Gasteiger partial charge on any atom is -0.467 e. The molecule has 1 aromatic rings. The van der Waals surface area contributed by atoms with Crippen molar-refractivity contribution in [3.8, 4) is 12.0 Å². The minimum absolute atomic E-state index is 0.0831. The Balaban J connectivity index is 2.00. The third-order valence-electron chi connectivity index (χ3n) is 2.69. The van der Waals surface area contributed by atoms with Gasteiger partial charge in [-0.3, -0.25) is 0 Å². The number of piperidine rings is 1. The predicted octanol–water partition coefficient (Wildman–Crippen LogP) is 1.01. The molecule has 2 heterocycles. The molecule has 94 valence electrons. The molecule has 17 heavy (non-hydrogen) atoms. The molecule has 1 aliphatic heterocycles. The Morgan fingerprint density at radius 2 is 1.82 bits per heavy atom. The van der Waals surface area contributed by atoms with Gasteiger partial charge in [0.2, 0.25) is 5.28 Å². The lowest BCUT2D eigenvalue weighted by Crippen LogP contribution is -2.36. The fourth-order valence-corrected chi connectivity index (χ4v) is 1.86. The van der Waals surface area contributed by atoms with Gasteiger partial charge in [0.15, 0.2) is 0 Å². The zero-order valence-electron chi connectivity index (χ0n) is 9.89. The average Bonchev–Trinajstić information content (AvgIpc) is 2.31. The highest BCUT2D eigenvalue weighted by molar-refractivity contribution is 6.28. The summed E-state index contributed by atoms with van der Waals surface area (Å²) >= 11 is 5.74. The van der Waals surface area contributed by atoms with Crippen molar-refractivity contribution in [1.29, 1.82) is 0 Å². The zero-order chi connectivity index (χ0) is 12.3. The summed E-state index contributed by atoms with van der Waals surface area (Å²) in [4.78, 5) is 14.0. The van der Waals surface area contributed by atoms with E-state index in [1.807, 2.05) is 0 Å². The molecule has 6 nitrogen and oxygen atoms in total. The molecule has 0 N–H and O–H groups in total. The van der Waals surface area contributed by atoms with Gasteiger partial charge < -0.3 is 14.4 Å². The summed E-state index contributed by atoms with van der Waals surface area (Å²) in [7, 11) is 3.57. The summed E-state index contributed by atoms with van der Waals surface area (Å²) in [5.74, 6) is 0. The molecule has 0 aliphatic carbocycles. The summed E-state index contributed by atoms with van der Waals surface area (Å²) in [6.07, 6.45) is 2.05. The van der Waals surface area contributed by atoms with Crippen molar-refractivity contribution in [1.82, 2.24) is 19.9 Å². The van der Waals surface area contributed by atoms with E-state index in [-0.39, 0.29) is 23.4 Å². The number of halogens is 1. The van der Waals surface area contributed by atoms with Crippen LogP contribution in [-0.4, -0.2) is 53.2 Å². The van der Waals surface area contributed by atoms with Crippen LogP contribution in [0.15, 0.2) is 0 Å². The SMILES string of the molecule is COc1nc(Cl)nc(OC2CCN(C)CC2)n1. The molecule has 1 saturated heterocycles. The van der Waals surface area contributed by atoms with Gasteiger partial charge in [-0.2, -0.15) is 9.97 Å². The normalized spacial score (nSPS) is 18.1. The smallest absolute Gasteiger partial charge is 0.324 e. The number of nitrogens with zero attached hydrogens (tertiary/aromatic N) is 4. The molecule has 0 spiro atoms. The number of hydrogen-bond donors (Lipinski definition) is 0. The Bertz CT molecular complexity index is 383. The number of likely N-dealkylation sites (tertiary alicyclic amines) is 1. The van der Waals surface area contributed by atoms with E-state index in [1.165, 1.54) is 7.11 Å². The highest BCUT2D eigenvalue weighted by atomic mass is 35.5. The summed E-state index contributed by atoms with van der Waals surface area (Å²) in [6, 6.07) is 0.407. The molecule has 2 rings (SSSR count). The first kappa shape index (κ1) is 12.3. The van der Waals surface area contributed by atoms with Gasteiger partial charge in [0.25, 0.3) is 0 Å².